The molecule has 10 rings (SSSR count). The van der Waals surface area contributed by atoms with Crippen LogP contribution >= 0.6 is 0 Å². The maximum Gasteiger partial charge on any atom is 0.235 e. The average molecular weight is 608 g/mol. The lowest BCUT2D eigenvalue weighted by atomic mass is 9.79. The van der Waals surface area contributed by atoms with Crippen LogP contribution in [-0.4, -0.2) is 14.5 Å². The molecule has 3 unspecified atom stereocenters. The molecule has 1 aliphatic heterocycles. The average Bonchev–Trinajstić information content (AvgIpc) is 3.67. The van der Waals surface area contributed by atoms with Crippen molar-refractivity contribution in [2.75, 3.05) is 0 Å². The van der Waals surface area contributed by atoms with E-state index in [1.54, 1.807) is 0 Å². The highest BCUT2D eigenvalue weighted by atomic mass is 16.5. The normalized spacial score (nSPS) is 20.7. The third-order valence-electron chi connectivity index (χ3n) is 10.5. The lowest BCUT2D eigenvalue weighted by Gasteiger charge is -2.28. The van der Waals surface area contributed by atoms with E-state index in [0.29, 0.717) is 11.9 Å². The van der Waals surface area contributed by atoms with Crippen LogP contribution in [-0.2, 0) is 0 Å². The van der Waals surface area contributed by atoms with E-state index in [-0.39, 0.29) is 12.0 Å². The van der Waals surface area contributed by atoms with E-state index < -0.39 is 0 Å². The molecule has 3 heterocycles. The SMILES string of the molecule is CC1CC=Cc2cc(C3=CC4c5ccccc5OC4c4c3c3ccccc3n4-c3nc(C4=CC=CCC4)c4ccccc4n3)ccc21. The van der Waals surface area contributed by atoms with Crippen LogP contribution in [0.15, 0.2) is 121 Å². The predicted octanol–water partition coefficient (Wildman–Crippen LogP) is 10.5. The fourth-order valence-corrected chi connectivity index (χ4v) is 8.24. The second-order valence-corrected chi connectivity index (χ2v) is 13.2. The molecule has 0 amide bonds. The first kappa shape index (κ1) is 26.7. The molecule has 2 aromatic heterocycles. The van der Waals surface area contributed by atoms with E-state index in [1.165, 1.54) is 44.3 Å². The smallest absolute Gasteiger partial charge is 0.235 e. The number of fused-ring (bicyclic) bond motifs is 9. The first-order valence-corrected chi connectivity index (χ1v) is 16.8. The van der Waals surface area contributed by atoms with Gasteiger partial charge in [-0.2, -0.15) is 0 Å². The van der Waals surface area contributed by atoms with Crippen LogP contribution in [0.4, 0.5) is 0 Å². The lowest BCUT2D eigenvalue weighted by molar-refractivity contribution is 0.215. The molecule has 3 aliphatic carbocycles. The Balaban J connectivity index is 1.28. The van der Waals surface area contributed by atoms with E-state index in [2.05, 4.69) is 139 Å². The van der Waals surface area contributed by atoms with Gasteiger partial charge in [-0.3, -0.25) is 4.57 Å². The number of allylic oxidation sites excluding steroid dienone is 5. The Morgan fingerprint density at radius 2 is 1.68 bits per heavy atom. The first-order chi connectivity index (χ1) is 23.2. The summed E-state index contributed by atoms with van der Waals surface area (Å²) in [6, 6.07) is 32.7. The van der Waals surface area contributed by atoms with Gasteiger partial charge in [0.15, 0.2) is 6.10 Å². The molecule has 4 aliphatic rings. The Kier molecular flexibility index (Phi) is 5.83. The van der Waals surface area contributed by atoms with Crippen LogP contribution in [0.2, 0.25) is 0 Å². The quantitative estimate of drug-likeness (QED) is 0.201. The van der Waals surface area contributed by atoms with Gasteiger partial charge in [-0.05, 0) is 77.3 Å². The highest BCUT2D eigenvalue weighted by Crippen LogP contribution is 2.55. The summed E-state index contributed by atoms with van der Waals surface area (Å²) in [7, 11) is 0. The molecule has 0 bridgehead atoms. The topological polar surface area (TPSA) is 39.9 Å². The molecular formula is C43H33N3O. The Morgan fingerprint density at radius 3 is 2.60 bits per heavy atom. The van der Waals surface area contributed by atoms with Crippen molar-refractivity contribution in [3.05, 3.63) is 161 Å². The van der Waals surface area contributed by atoms with Gasteiger partial charge in [0.25, 0.3) is 0 Å². The van der Waals surface area contributed by atoms with Gasteiger partial charge in [0.2, 0.25) is 5.95 Å². The molecule has 0 N–H and O–H groups in total. The monoisotopic (exact) mass is 607 g/mol. The van der Waals surface area contributed by atoms with Gasteiger partial charge in [0.05, 0.1) is 22.4 Å². The van der Waals surface area contributed by atoms with Crippen molar-refractivity contribution in [1.29, 1.82) is 0 Å². The fraction of sp³-hybridized carbons (Fsp3) is 0.163. The van der Waals surface area contributed by atoms with Crippen LogP contribution in [0.25, 0.3) is 45.0 Å². The summed E-state index contributed by atoms with van der Waals surface area (Å²) in [5.74, 6) is 2.22. The third-order valence-corrected chi connectivity index (χ3v) is 10.5. The predicted molar refractivity (Wildman–Crippen MR) is 191 cm³/mol. The zero-order valence-corrected chi connectivity index (χ0v) is 26.2. The number of benzene rings is 4. The van der Waals surface area contributed by atoms with Gasteiger partial charge in [-0.25, -0.2) is 9.97 Å². The largest absolute Gasteiger partial charge is 0.483 e. The molecule has 4 heteroatoms. The van der Waals surface area contributed by atoms with Crippen LogP contribution in [0, 0.1) is 0 Å². The molecule has 0 saturated heterocycles. The van der Waals surface area contributed by atoms with Crippen molar-refractivity contribution in [3.8, 4) is 11.7 Å². The summed E-state index contributed by atoms with van der Waals surface area (Å²) in [6.07, 6.45) is 16.5. The summed E-state index contributed by atoms with van der Waals surface area (Å²) in [5.41, 5.74) is 13.1. The van der Waals surface area contributed by atoms with Gasteiger partial charge in [0.1, 0.15) is 5.75 Å². The summed E-state index contributed by atoms with van der Waals surface area (Å²) in [6.45, 7) is 2.32. The summed E-state index contributed by atoms with van der Waals surface area (Å²) in [5, 5.41) is 2.27. The van der Waals surface area contributed by atoms with Gasteiger partial charge in [-0.1, -0.05) is 110 Å². The van der Waals surface area contributed by atoms with Crippen LogP contribution in [0.3, 0.4) is 0 Å². The number of hydrogen-bond acceptors (Lipinski definition) is 3. The van der Waals surface area contributed by atoms with Crippen molar-refractivity contribution >= 4 is 39.0 Å². The van der Waals surface area contributed by atoms with Crippen molar-refractivity contribution in [1.82, 2.24) is 14.5 Å². The molecule has 4 nitrogen and oxygen atoms in total. The number of para-hydroxylation sites is 3. The van der Waals surface area contributed by atoms with E-state index in [0.717, 1.165) is 52.8 Å². The number of ether oxygens (including phenoxy) is 1. The standard InChI is InChI=1S/C43H33N3O/c1-26-12-11-15-28-24-29(22-23-30(26)28)34-25-35-31-16-7-10-21-38(31)47-42(35)41-39(34)33-18-6-9-20-37(33)46(41)43-44-36-19-8-5-17-32(36)40(45-43)27-13-3-2-4-14-27/h2-3,5-11,13,15-26,35,42H,4,12,14H2,1H3. The zero-order valence-electron chi connectivity index (χ0n) is 26.2. The highest BCUT2D eigenvalue weighted by molar-refractivity contribution is 6.02. The highest BCUT2D eigenvalue weighted by Gasteiger charge is 2.43. The molecule has 0 saturated carbocycles. The minimum absolute atomic E-state index is 0.0633. The van der Waals surface area contributed by atoms with Crippen molar-refractivity contribution in [3.63, 3.8) is 0 Å². The lowest BCUT2D eigenvalue weighted by Crippen LogP contribution is -2.20. The molecule has 6 aromatic rings. The van der Waals surface area contributed by atoms with Gasteiger partial charge >= 0.3 is 0 Å². The Bertz CT molecular complexity index is 2400. The number of nitrogens with zero attached hydrogens (tertiary/aromatic N) is 3. The third kappa shape index (κ3) is 4.01. The summed E-state index contributed by atoms with van der Waals surface area (Å²) >= 11 is 0. The molecule has 3 atom stereocenters. The van der Waals surface area contributed by atoms with Crippen molar-refractivity contribution in [2.24, 2.45) is 0 Å². The Hall–Kier alpha value is -5.48. The maximum absolute atomic E-state index is 6.90. The molecule has 226 valence electrons. The van der Waals surface area contributed by atoms with E-state index in [4.69, 9.17) is 14.7 Å². The van der Waals surface area contributed by atoms with Crippen LogP contribution in [0.1, 0.15) is 83.3 Å². The van der Waals surface area contributed by atoms with E-state index in [1.807, 2.05) is 0 Å². The Labute approximate surface area is 274 Å². The van der Waals surface area contributed by atoms with Gasteiger partial charge < -0.3 is 4.74 Å². The second-order valence-electron chi connectivity index (χ2n) is 13.2. The molecule has 47 heavy (non-hydrogen) atoms. The van der Waals surface area contributed by atoms with Crippen molar-refractivity contribution < 1.29 is 4.74 Å². The number of hydrogen-bond donors (Lipinski definition) is 0. The molecule has 4 aromatic carbocycles. The molecule has 0 radical (unpaired) electrons. The van der Waals surface area contributed by atoms with Crippen LogP contribution in [0.5, 0.6) is 5.75 Å². The fourth-order valence-electron chi connectivity index (χ4n) is 8.24. The second kappa shape index (κ2) is 10.3. The van der Waals surface area contributed by atoms with E-state index in [9.17, 15) is 0 Å². The zero-order chi connectivity index (χ0) is 31.1. The molecular weight excluding hydrogens is 574 g/mol. The summed E-state index contributed by atoms with van der Waals surface area (Å²) in [4.78, 5) is 10.7. The summed E-state index contributed by atoms with van der Waals surface area (Å²) < 4.78 is 9.20. The number of rotatable bonds is 3. The maximum atomic E-state index is 6.90. The van der Waals surface area contributed by atoms with Crippen LogP contribution < -0.4 is 4.74 Å². The number of aromatic nitrogens is 3. The minimum atomic E-state index is -0.202. The van der Waals surface area contributed by atoms with E-state index >= 15 is 0 Å². The van der Waals surface area contributed by atoms with Gasteiger partial charge in [-0.15, -0.1) is 0 Å². The Morgan fingerprint density at radius 1 is 0.830 bits per heavy atom. The first-order valence-electron chi connectivity index (χ1n) is 16.8. The van der Waals surface area contributed by atoms with Gasteiger partial charge in [0, 0.05) is 27.8 Å². The molecule has 0 fully saturated rings. The van der Waals surface area contributed by atoms with Crippen molar-refractivity contribution in [2.45, 2.75) is 44.1 Å². The molecule has 0 spiro atoms. The minimum Gasteiger partial charge on any atom is -0.483 e.